The fourth-order valence-electron chi connectivity index (χ4n) is 4.66. The lowest BCUT2D eigenvalue weighted by Gasteiger charge is -2.10. The molecule has 2 heterocycles. The molecular formula is C31H22F6N4O4. The summed E-state index contributed by atoms with van der Waals surface area (Å²) in [6, 6.07) is 18.5. The van der Waals surface area contributed by atoms with E-state index < -0.39 is 29.5 Å². The SMILES string of the molecule is O=C(Nc1cccc(C(F)(F)F)c1)Nc1nn(Cc2ccc(COc3ccc4c(c3)OCO4)cc2)c2ccc(C(F)(F)F)cc12. The number of benzene rings is 4. The Hall–Kier alpha value is -5.40. The normalized spacial score (nSPS) is 12.8. The number of aromatic nitrogens is 2. The summed E-state index contributed by atoms with van der Waals surface area (Å²) in [6.07, 6.45) is -9.29. The Morgan fingerprint density at radius 3 is 2.27 bits per heavy atom. The van der Waals surface area contributed by atoms with E-state index >= 15 is 0 Å². The van der Waals surface area contributed by atoms with Crippen molar-refractivity contribution >= 4 is 28.4 Å². The summed E-state index contributed by atoms with van der Waals surface area (Å²) in [4.78, 5) is 12.7. The molecule has 0 aliphatic carbocycles. The number of hydrogen-bond donors (Lipinski definition) is 2. The molecule has 0 radical (unpaired) electrons. The molecular weight excluding hydrogens is 606 g/mol. The number of anilines is 2. The average molecular weight is 629 g/mol. The minimum absolute atomic E-state index is 0.00207. The minimum atomic E-state index is -4.66. The molecule has 0 saturated heterocycles. The predicted molar refractivity (Wildman–Crippen MR) is 151 cm³/mol. The summed E-state index contributed by atoms with van der Waals surface area (Å²) >= 11 is 0. The molecule has 0 unspecified atom stereocenters. The van der Waals surface area contributed by atoms with Crippen LogP contribution in [0.3, 0.4) is 0 Å². The minimum Gasteiger partial charge on any atom is -0.489 e. The summed E-state index contributed by atoms with van der Waals surface area (Å²) in [5, 5.41) is 8.96. The number of alkyl halides is 6. The van der Waals surface area contributed by atoms with Gasteiger partial charge < -0.3 is 19.5 Å². The fourth-order valence-corrected chi connectivity index (χ4v) is 4.66. The molecule has 14 heteroatoms. The van der Waals surface area contributed by atoms with E-state index in [0.717, 1.165) is 41.5 Å². The van der Waals surface area contributed by atoms with Gasteiger partial charge in [0.1, 0.15) is 12.4 Å². The Bertz CT molecular complexity index is 1870. The van der Waals surface area contributed by atoms with Gasteiger partial charge in [-0.05, 0) is 59.7 Å². The van der Waals surface area contributed by atoms with Crippen LogP contribution in [0.5, 0.6) is 17.2 Å². The third-order valence-corrected chi connectivity index (χ3v) is 6.86. The Labute approximate surface area is 251 Å². The standard InChI is InChI=1S/C31H22F6N4O4/c32-30(33,34)20-2-1-3-22(12-20)38-29(42)39-28-24-13-21(31(35,36)37)8-10-25(24)41(40-28)15-18-4-6-19(7-5-18)16-43-23-9-11-26-27(14-23)45-17-44-26/h1-14H,15-17H2,(H2,38,39,40,42). The maximum atomic E-state index is 13.5. The molecule has 5 aromatic rings. The first-order valence-corrected chi connectivity index (χ1v) is 13.4. The second-order valence-electron chi connectivity index (χ2n) is 10.0. The van der Waals surface area contributed by atoms with E-state index in [1.54, 1.807) is 18.2 Å². The van der Waals surface area contributed by atoms with Crippen molar-refractivity contribution in [3.05, 3.63) is 107 Å². The number of urea groups is 1. The Morgan fingerprint density at radius 2 is 1.51 bits per heavy atom. The highest BCUT2D eigenvalue weighted by Gasteiger charge is 2.32. The fraction of sp³-hybridized carbons (Fsp3) is 0.161. The molecule has 0 atom stereocenters. The molecule has 2 amide bonds. The largest absolute Gasteiger partial charge is 0.489 e. The van der Waals surface area contributed by atoms with Crippen LogP contribution >= 0.6 is 0 Å². The number of hydrogen-bond acceptors (Lipinski definition) is 5. The highest BCUT2D eigenvalue weighted by Crippen LogP contribution is 2.36. The van der Waals surface area contributed by atoms with Gasteiger partial charge in [-0.3, -0.25) is 10.00 Å². The zero-order valence-corrected chi connectivity index (χ0v) is 23.0. The van der Waals surface area contributed by atoms with E-state index in [1.807, 2.05) is 24.3 Å². The summed E-state index contributed by atoms with van der Waals surface area (Å²) in [7, 11) is 0. The van der Waals surface area contributed by atoms with Crippen molar-refractivity contribution in [3.8, 4) is 17.2 Å². The molecule has 1 aromatic heterocycles. The lowest BCUT2D eigenvalue weighted by Crippen LogP contribution is -2.20. The average Bonchev–Trinajstić information content (AvgIpc) is 3.60. The smallest absolute Gasteiger partial charge is 0.416 e. The lowest BCUT2D eigenvalue weighted by molar-refractivity contribution is -0.138. The van der Waals surface area contributed by atoms with Crippen molar-refractivity contribution in [2.24, 2.45) is 0 Å². The first-order valence-electron chi connectivity index (χ1n) is 13.4. The molecule has 2 N–H and O–H groups in total. The van der Waals surface area contributed by atoms with Gasteiger partial charge in [0, 0.05) is 17.1 Å². The molecule has 6 rings (SSSR count). The molecule has 0 saturated carbocycles. The summed E-state index contributed by atoms with van der Waals surface area (Å²) in [5.74, 6) is 1.64. The van der Waals surface area contributed by atoms with Crippen LogP contribution in [-0.2, 0) is 25.5 Å². The van der Waals surface area contributed by atoms with Crippen molar-refractivity contribution in [2.75, 3.05) is 17.4 Å². The summed E-state index contributed by atoms with van der Waals surface area (Å²) < 4.78 is 97.6. The van der Waals surface area contributed by atoms with Crippen LogP contribution in [0, 0.1) is 0 Å². The zero-order chi connectivity index (χ0) is 31.8. The van der Waals surface area contributed by atoms with Crippen molar-refractivity contribution < 1.29 is 45.3 Å². The summed E-state index contributed by atoms with van der Waals surface area (Å²) in [6.45, 7) is 0.557. The number of rotatable bonds is 7. The number of ether oxygens (including phenoxy) is 3. The number of carbonyl (C=O) groups is 1. The zero-order valence-electron chi connectivity index (χ0n) is 23.0. The van der Waals surface area contributed by atoms with Crippen molar-refractivity contribution in [1.29, 1.82) is 0 Å². The lowest BCUT2D eigenvalue weighted by atomic mass is 10.1. The van der Waals surface area contributed by atoms with Gasteiger partial charge in [0.2, 0.25) is 6.79 Å². The van der Waals surface area contributed by atoms with Gasteiger partial charge in [-0.1, -0.05) is 30.3 Å². The molecule has 232 valence electrons. The van der Waals surface area contributed by atoms with E-state index in [9.17, 15) is 31.1 Å². The highest BCUT2D eigenvalue weighted by atomic mass is 19.4. The molecule has 4 aromatic carbocycles. The van der Waals surface area contributed by atoms with Crippen LogP contribution in [0.2, 0.25) is 0 Å². The maximum absolute atomic E-state index is 13.5. The quantitative estimate of drug-likeness (QED) is 0.178. The van der Waals surface area contributed by atoms with Gasteiger partial charge in [-0.15, -0.1) is 0 Å². The van der Waals surface area contributed by atoms with Crippen LogP contribution in [0.1, 0.15) is 22.3 Å². The molecule has 0 bridgehead atoms. The molecule has 0 spiro atoms. The van der Waals surface area contributed by atoms with Crippen LogP contribution < -0.4 is 24.8 Å². The number of carbonyl (C=O) groups excluding carboxylic acids is 1. The number of halogens is 6. The van der Waals surface area contributed by atoms with Crippen molar-refractivity contribution in [1.82, 2.24) is 9.78 Å². The second-order valence-corrected chi connectivity index (χ2v) is 10.0. The van der Waals surface area contributed by atoms with Gasteiger partial charge >= 0.3 is 18.4 Å². The van der Waals surface area contributed by atoms with E-state index in [-0.39, 0.29) is 36.8 Å². The number of fused-ring (bicyclic) bond motifs is 2. The van der Waals surface area contributed by atoms with Gasteiger partial charge in [0.25, 0.3) is 0 Å². The monoisotopic (exact) mass is 628 g/mol. The Balaban J connectivity index is 1.19. The number of amides is 2. The third-order valence-electron chi connectivity index (χ3n) is 6.86. The Morgan fingerprint density at radius 1 is 0.800 bits per heavy atom. The van der Waals surface area contributed by atoms with Gasteiger partial charge in [-0.2, -0.15) is 31.4 Å². The van der Waals surface area contributed by atoms with E-state index in [0.29, 0.717) is 22.8 Å². The first-order chi connectivity index (χ1) is 21.4. The van der Waals surface area contributed by atoms with Crippen molar-refractivity contribution in [3.63, 3.8) is 0 Å². The Kier molecular flexibility index (Phi) is 7.64. The van der Waals surface area contributed by atoms with Gasteiger partial charge in [0.15, 0.2) is 17.3 Å². The topological polar surface area (TPSA) is 86.6 Å². The number of nitrogens with zero attached hydrogens (tertiary/aromatic N) is 2. The molecule has 1 aliphatic heterocycles. The highest BCUT2D eigenvalue weighted by molar-refractivity contribution is 6.04. The van der Waals surface area contributed by atoms with E-state index in [2.05, 4.69) is 15.7 Å². The third kappa shape index (κ3) is 6.74. The second kappa shape index (κ2) is 11.6. The number of nitrogens with one attached hydrogen (secondary N) is 2. The van der Waals surface area contributed by atoms with Crippen LogP contribution in [-0.4, -0.2) is 22.6 Å². The molecule has 45 heavy (non-hydrogen) atoms. The van der Waals surface area contributed by atoms with E-state index in [4.69, 9.17) is 14.2 Å². The maximum Gasteiger partial charge on any atom is 0.416 e. The van der Waals surface area contributed by atoms with Gasteiger partial charge in [-0.25, -0.2) is 4.79 Å². The summed E-state index contributed by atoms with van der Waals surface area (Å²) in [5.41, 5.74) is -0.188. The van der Waals surface area contributed by atoms with Crippen LogP contribution in [0.15, 0.2) is 84.9 Å². The molecule has 1 aliphatic rings. The van der Waals surface area contributed by atoms with Crippen LogP contribution in [0.25, 0.3) is 10.9 Å². The predicted octanol–water partition coefficient (Wildman–Crippen LogP) is 8.07. The van der Waals surface area contributed by atoms with Crippen LogP contribution in [0.4, 0.5) is 42.6 Å². The molecule has 8 nitrogen and oxygen atoms in total. The van der Waals surface area contributed by atoms with Crippen molar-refractivity contribution in [2.45, 2.75) is 25.5 Å². The molecule has 0 fully saturated rings. The first kappa shape index (κ1) is 29.7. The van der Waals surface area contributed by atoms with Gasteiger partial charge in [0.05, 0.1) is 23.2 Å². The van der Waals surface area contributed by atoms with E-state index in [1.165, 1.54) is 16.8 Å².